The van der Waals surface area contributed by atoms with E-state index in [4.69, 9.17) is 44.3 Å². The summed E-state index contributed by atoms with van der Waals surface area (Å²) >= 11 is 4.39. The van der Waals surface area contributed by atoms with E-state index in [-0.39, 0.29) is 39.6 Å². The summed E-state index contributed by atoms with van der Waals surface area (Å²) in [5.74, 6) is 1.68. The average Bonchev–Trinajstić information content (AvgIpc) is 3.98. The van der Waals surface area contributed by atoms with Crippen molar-refractivity contribution in [3.63, 3.8) is 0 Å². The number of nitriles is 1. The molecule has 0 radical (unpaired) electrons. The third-order valence-electron chi connectivity index (χ3n) is 6.69. The first-order chi connectivity index (χ1) is 26.6. The third kappa shape index (κ3) is 15.0. The number of aliphatic hydroxyl groups excluding tert-OH is 3. The van der Waals surface area contributed by atoms with Crippen LogP contribution in [0.2, 0.25) is 0 Å². The lowest BCUT2D eigenvalue weighted by Crippen LogP contribution is -2.67. The first-order valence-corrected chi connectivity index (χ1v) is 21.4. The molecule has 4 aromatic rings. The second kappa shape index (κ2) is 24.7. The summed E-state index contributed by atoms with van der Waals surface area (Å²) in [5, 5.41) is 36.4. The number of ether oxygens (including phenoxy) is 5. The Balaban J connectivity index is 0.000000228. The molecule has 0 amide bonds. The van der Waals surface area contributed by atoms with Gasteiger partial charge in [0, 0.05) is 5.75 Å². The highest BCUT2D eigenvalue weighted by Gasteiger charge is 2.28. The van der Waals surface area contributed by atoms with Crippen molar-refractivity contribution in [2.24, 2.45) is 4.99 Å². The van der Waals surface area contributed by atoms with E-state index in [1.165, 1.54) is 56.0 Å². The highest BCUT2D eigenvalue weighted by molar-refractivity contribution is 8.76. The van der Waals surface area contributed by atoms with Gasteiger partial charge in [-0.15, -0.1) is 34.4 Å². The molecule has 0 spiro atoms. The molecule has 2 aromatic heterocycles. The molecule has 17 nitrogen and oxygen atoms in total. The average molecular weight is 859 g/mol. The fourth-order valence-corrected chi connectivity index (χ4v) is 9.21. The number of carbonyl (C=O) groups is 3. The van der Waals surface area contributed by atoms with Crippen molar-refractivity contribution in [2.75, 3.05) is 71.1 Å². The van der Waals surface area contributed by atoms with E-state index in [1.54, 1.807) is 14.2 Å². The van der Waals surface area contributed by atoms with Crippen LogP contribution in [0.25, 0.3) is 20.4 Å². The van der Waals surface area contributed by atoms with Gasteiger partial charge in [0.25, 0.3) is 0 Å². The van der Waals surface area contributed by atoms with Gasteiger partial charge in [-0.2, -0.15) is 5.26 Å². The van der Waals surface area contributed by atoms with Gasteiger partial charge in [-0.1, -0.05) is 21.6 Å². The van der Waals surface area contributed by atoms with Gasteiger partial charge >= 0.3 is 17.9 Å². The van der Waals surface area contributed by atoms with Crippen molar-refractivity contribution in [1.29, 1.82) is 5.26 Å². The van der Waals surface area contributed by atoms with Gasteiger partial charge in [0.1, 0.15) is 47.4 Å². The Labute approximate surface area is 336 Å². The van der Waals surface area contributed by atoms with E-state index in [2.05, 4.69) is 26.4 Å². The number of methoxy groups -OCH3 is 2. The highest BCUT2D eigenvalue weighted by Crippen LogP contribution is 2.32. The second-order valence-electron chi connectivity index (χ2n) is 10.7. The number of hydrogen-bond donors (Lipinski definition) is 5. The minimum absolute atomic E-state index is 0.00574. The maximum atomic E-state index is 11.7. The van der Waals surface area contributed by atoms with Crippen molar-refractivity contribution in [3.8, 4) is 17.6 Å². The molecular formula is C33H42N6O11S5+2. The third-order valence-corrected chi connectivity index (χ3v) is 12.4. The zero-order chi connectivity index (χ0) is 40.2. The fourth-order valence-electron chi connectivity index (χ4n) is 3.98. The van der Waals surface area contributed by atoms with E-state index in [0.717, 1.165) is 42.0 Å². The number of thiazole rings is 2. The SMILES string of the molecule is COc1ccc2nc(C#N)sc2c1.COc1ccc2nc(C3=N[C@@H](C(=O)OCCO)CS3)sc2c1.[NH3+]C(CSSCC([NH3+])C(=O)OCCO)C(=O)OCCO. The number of carbonyl (C=O) groups excluding carboxylic acids is 3. The number of aliphatic imine (C=N–C) groups is 1. The van der Waals surface area contributed by atoms with Crippen LogP contribution in [0.4, 0.5) is 0 Å². The predicted molar refractivity (Wildman–Crippen MR) is 212 cm³/mol. The smallest absolute Gasteiger partial charge is 0.365 e. The number of quaternary nitrogens is 2. The lowest BCUT2D eigenvalue weighted by molar-refractivity contribution is -0.401. The number of thioether (sulfide) groups is 1. The van der Waals surface area contributed by atoms with E-state index in [9.17, 15) is 14.4 Å². The first-order valence-electron chi connectivity index (χ1n) is 16.3. The Hall–Kier alpha value is -3.76. The topological polar surface area (TPSA) is 275 Å². The molecule has 0 saturated carbocycles. The van der Waals surface area contributed by atoms with Crippen molar-refractivity contribution in [3.05, 3.63) is 46.4 Å². The Kier molecular flexibility index (Phi) is 20.5. The second-order valence-corrected chi connectivity index (χ2v) is 16.3. The molecular weight excluding hydrogens is 817 g/mol. The van der Waals surface area contributed by atoms with E-state index < -0.39 is 36.0 Å². The monoisotopic (exact) mass is 858 g/mol. The van der Waals surface area contributed by atoms with Crippen molar-refractivity contribution in [1.82, 2.24) is 9.97 Å². The lowest BCUT2D eigenvalue weighted by atomic mass is 10.3. The normalized spacial score (nSPS) is 14.3. The molecule has 1 aliphatic heterocycles. The summed E-state index contributed by atoms with van der Waals surface area (Å²) in [6.45, 7) is -0.646. The standard InChI is InChI=1S/C14H14N2O4S2.C10H20N2O6S2.C9H6N2OS/c1-19-8-2-3-9-11(6-8)22-13(15-9)12-16-10(7-21-12)14(18)20-5-4-17;11-7(9(15)17-3-1-13)5-19-20-6-8(12)10(16)18-4-2-14;1-12-6-2-3-7-8(4-6)13-9(5-10)11-7/h2-3,6,10,17H,4-5,7H2,1H3;7-8,13-14H,1-6,11-12H2;2-4H,1H3/p+2/t10-;;/m1../s1. The molecule has 2 unspecified atom stereocenters. The number of rotatable bonds is 17. The molecule has 2 aromatic carbocycles. The number of esters is 3. The summed E-state index contributed by atoms with van der Waals surface area (Å²) < 4.78 is 26.6. The van der Waals surface area contributed by atoms with Crippen LogP contribution >= 0.6 is 56.0 Å². The number of benzene rings is 2. The molecule has 55 heavy (non-hydrogen) atoms. The lowest BCUT2D eigenvalue weighted by Gasteiger charge is -2.09. The van der Waals surface area contributed by atoms with Gasteiger partial charge in [0.2, 0.25) is 0 Å². The van der Waals surface area contributed by atoms with Crippen LogP contribution < -0.4 is 20.9 Å². The number of fused-ring (bicyclic) bond motifs is 2. The van der Waals surface area contributed by atoms with Gasteiger partial charge in [-0.05, 0) is 36.4 Å². The van der Waals surface area contributed by atoms with Crippen molar-refractivity contribution >= 4 is 99.4 Å². The maximum Gasteiger partial charge on any atom is 0.365 e. The number of aliphatic hydroxyl groups is 3. The van der Waals surface area contributed by atoms with Crippen LogP contribution in [-0.2, 0) is 28.6 Å². The highest BCUT2D eigenvalue weighted by atomic mass is 33.1. The van der Waals surface area contributed by atoms with Gasteiger partial charge < -0.3 is 50.5 Å². The maximum absolute atomic E-state index is 11.7. The first kappa shape index (κ1) is 45.6. The van der Waals surface area contributed by atoms with Crippen LogP contribution in [-0.4, -0.2) is 137 Å². The summed E-state index contributed by atoms with van der Waals surface area (Å²) in [5.41, 5.74) is 9.05. The molecule has 0 saturated heterocycles. The van der Waals surface area contributed by atoms with E-state index >= 15 is 0 Å². The Morgan fingerprint density at radius 3 is 1.85 bits per heavy atom. The summed E-state index contributed by atoms with van der Waals surface area (Å²) in [6.07, 6.45) is 0. The molecule has 22 heteroatoms. The van der Waals surface area contributed by atoms with Gasteiger partial charge in [-0.3, -0.25) is 4.99 Å². The summed E-state index contributed by atoms with van der Waals surface area (Å²) in [4.78, 5) is 47.4. The number of nitrogens with zero attached hydrogens (tertiary/aromatic N) is 4. The molecule has 5 rings (SSSR count). The van der Waals surface area contributed by atoms with Crippen LogP contribution in [0.3, 0.4) is 0 Å². The van der Waals surface area contributed by atoms with Gasteiger partial charge in [0.15, 0.2) is 23.1 Å². The molecule has 0 fully saturated rings. The van der Waals surface area contributed by atoms with Crippen molar-refractivity contribution in [2.45, 2.75) is 18.1 Å². The summed E-state index contributed by atoms with van der Waals surface area (Å²) in [7, 11) is 6.02. The van der Waals surface area contributed by atoms with Crippen LogP contribution in [0, 0.1) is 11.3 Å². The van der Waals surface area contributed by atoms with Crippen molar-refractivity contribution < 1.29 is 64.9 Å². The molecule has 0 aliphatic carbocycles. The zero-order valence-electron chi connectivity index (χ0n) is 29.9. The molecule has 0 bridgehead atoms. The van der Waals surface area contributed by atoms with E-state index in [1.807, 2.05) is 42.5 Å². The molecule has 3 atom stereocenters. The number of hydrogen-bond acceptors (Lipinski definition) is 20. The number of aromatic nitrogens is 2. The minimum Gasteiger partial charge on any atom is -0.497 e. The van der Waals surface area contributed by atoms with Gasteiger partial charge in [-0.25, -0.2) is 24.4 Å². The molecule has 9 N–H and O–H groups in total. The Morgan fingerprint density at radius 1 is 0.836 bits per heavy atom. The van der Waals surface area contributed by atoms with E-state index in [0.29, 0.717) is 22.3 Å². The Morgan fingerprint density at radius 2 is 1.35 bits per heavy atom. The molecule has 3 heterocycles. The van der Waals surface area contributed by atoms with Crippen LogP contribution in [0.15, 0.2) is 41.4 Å². The minimum atomic E-state index is -0.524. The van der Waals surface area contributed by atoms with Gasteiger partial charge in [0.05, 0.1) is 66.0 Å². The predicted octanol–water partition coefficient (Wildman–Crippen LogP) is 0.539. The molecule has 1 aliphatic rings. The Bertz CT molecular complexity index is 1890. The quantitative estimate of drug-likeness (QED) is 0.0419. The zero-order valence-corrected chi connectivity index (χ0v) is 34.0. The van der Waals surface area contributed by atoms with Crippen LogP contribution in [0.5, 0.6) is 11.5 Å². The molecule has 298 valence electrons. The van der Waals surface area contributed by atoms with Crippen LogP contribution in [0.1, 0.15) is 10.0 Å². The fraction of sp³-hybridized carbons (Fsp3) is 0.424. The largest absolute Gasteiger partial charge is 0.497 e. The summed E-state index contributed by atoms with van der Waals surface area (Å²) in [6, 6.07) is 11.7.